The number of pyridine rings is 1. The highest BCUT2D eigenvalue weighted by atomic mass is 14.8. The van der Waals surface area contributed by atoms with Gasteiger partial charge in [0.05, 0.1) is 11.2 Å². The maximum absolute atomic E-state index is 5.27. The second-order valence-corrected chi connectivity index (χ2v) is 9.71. The number of aromatic nitrogens is 3. The van der Waals surface area contributed by atoms with Crippen LogP contribution in [0.1, 0.15) is 25.0 Å². The molecule has 1 aliphatic rings. The largest absolute Gasteiger partial charge is 0.247 e. The standard InChI is InChI=1S/C32H23N3/c1-32(2)25-11-6-5-10-24(25)30-29(32)27(21-12-14-22(15-13-21)31-33-18-7-19-34-31)28-23-9-4-3-8-20(23)16-17-26(28)35-30/h3-19H,1-2H3. The van der Waals surface area contributed by atoms with Crippen molar-refractivity contribution in [2.75, 3.05) is 0 Å². The summed E-state index contributed by atoms with van der Waals surface area (Å²) in [7, 11) is 0. The molecule has 0 amide bonds. The molecule has 0 unspecified atom stereocenters. The van der Waals surface area contributed by atoms with E-state index in [0.29, 0.717) is 0 Å². The second kappa shape index (κ2) is 7.31. The van der Waals surface area contributed by atoms with Crippen molar-refractivity contribution >= 4 is 21.7 Å². The van der Waals surface area contributed by atoms with Gasteiger partial charge in [0.25, 0.3) is 0 Å². The first-order chi connectivity index (χ1) is 17.1. The molecule has 7 rings (SSSR count). The van der Waals surface area contributed by atoms with E-state index in [1.54, 1.807) is 12.4 Å². The quantitative estimate of drug-likeness (QED) is 0.253. The highest BCUT2D eigenvalue weighted by Gasteiger charge is 2.39. The lowest BCUT2D eigenvalue weighted by Gasteiger charge is -2.25. The van der Waals surface area contributed by atoms with Crippen molar-refractivity contribution in [1.82, 2.24) is 15.0 Å². The zero-order chi connectivity index (χ0) is 23.6. The number of hydrogen-bond donors (Lipinski definition) is 0. The first kappa shape index (κ1) is 20.0. The Labute approximate surface area is 204 Å². The van der Waals surface area contributed by atoms with Crippen molar-refractivity contribution in [3.05, 3.63) is 115 Å². The van der Waals surface area contributed by atoms with Crippen LogP contribution in [0.4, 0.5) is 0 Å². The lowest BCUT2D eigenvalue weighted by Crippen LogP contribution is -2.16. The van der Waals surface area contributed by atoms with Gasteiger partial charge in [-0.25, -0.2) is 15.0 Å². The Bertz CT molecular complexity index is 1750. The summed E-state index contributed by atoms with van der Waals surface area (Å²) in [6, 6.07) is 32.2. The minimum absolute atomic E-state index is 0.166. The van der Waals surface area contributed by atoms with E-state index in [9.17, 15) is 0 Å². The van der Waals surface area contributed by atoms with Crippen LogP contribution in [-0.4, -0.2) is 15.0 Å². The fourth-order valence-electron chi connectivity index (χ4n) is 5.73. The van der Waals surface area contributed by atoms with E-state index in [2.05, 4.69) is 109 Å². The van der Waals surface area contributed by atoms with Crippen LogP contribution in [-0.2, 0) is 5.41 Å². The molecular formula is C32H23N3. The molecule has 0 atom stereocenters. The number of fused-ring (bicyclic) bond motifs is 6. The molecule has 4 aromatic carbocycles. The summed E-state index contributed by atoms with van der Waals surface area (Å²) in [6.07, 6.45) is 3.57. The number of rotatable bonds is 2. The summed E-state index contributed by atoms with van der Waals surface area (Å²) < 4.78 is 0. The minimum Gasteiger partial charge on any atom is -0.247 e. The summed E-state index contributed by atoms with van der Waals surface area (Å²) >= 11 is 0. The van der Waals surface area contributed by atoms with E-state index in [1.165, 1.54) is 44.0 Å². The highest BCUT2D eigenvalue weighted by Crippen LogP contribution is 2.53. The molecule has 3 heteroatoms. The Morgan fingerprint density at radius 1 is 0.657 bits per heavy atom. The molecule has 166 valence electrons. The van der Waals surface area contributed by atoms with Gasteiger partial charge in [0.15, 0.2) is 5.82 Å². The third kappa shape index (κ3) is 2.88. The zero-order valence-electron chi connectivity index (χ0n) is 19.7. The van der Waals surface area contributed by atoms with Crippen LogP contribution in [0.3, 0.4) is 0 Å². The molecule has 0 N–H and O–H groups in total. The summed E-state index contributed by atoms with van der Waals surface area (Å²) in [5, 5.41) is 3.68. The minimum atomic E-state index is -0.166. The Morgan fingerprint density at radius 2 is 1.37 bits per heavy atom. The first-order valence-electron chi connectivity index (χ1n) is 12.0. The van der Waals surface area contributed by atoms with Crippen LogP contribution in [0.2, 0.25) is 0 Å². The molecule has 35 heavy (non-hydrogen) atoms. The van der Waals surface area contributed by atoms with Crippen molar-refractivity contribution in [2.24, 2.45) is 0 Å². The van der Waals surface area contributed by atoms with Crippen molar-refractivity contribution < 1.29 is 0 Å². The average molecular weight is 450 g/mol. The molecule has 6 aromatic rings. The van der Waals surface area contributed by atoms with Crippen LogP contribution in [0.5, 0.6) is 0 Å². The first-order valence-corrected chi connectivity index (χ1v) is 12.0. The van der Waals surface area contributed by atoms with Gasteiger partial charge in [-0.1, -0.05) is 92.7 Å². The molecule has 0 aliphatic heterocycles. The fraction of sp³-hybridized carbons (Fsp3) is 0.0938. The fourth-order valence-corrected chi connectivity index (χ4v) is 5.73. The molecule has 0 saturated carbocycles. The van der Waals surface area contributed by atoms with Crippen LogP contribution in [0, 0.1) is 0 Å². The predicted octanol–water partition coefficient (Wildman–Crippen LogP) is 7.82. The van der Waals surface area contributed by atoms with Crippen molar-refractivity contribution in [1.29, 1.82) is 0 Å². The normalized spacial score (nSPS) is 13.7. The van der Waals surface area contributed by atoms with Gasteiger partial charge in [-0.05, 0) is 45.2 Å². The average Bonchev–Trinajstić information content (AvgIpc) is 3.14. The van der Waals surface area contributed by atoms with Crippen LogP contribution in [0.25, 0.3) is 55.4 Å². The van der Waals surface area contributed by atoms with Gasteiger partial charge in [-0.15, -0.1) is 0 Å². The summed E-state index contributed by atoms with van der Waals surface area (Å²) in [5.41, 5.74) is 9.29. The summed E-state index contributed by atoms with van der Waals surface area (Å²) in [6.45, 7) is 4.65. The van der Waals surface area contributed by atoms with E-state index in [-0.39, 0.29) is 5.41 Å². The van der Waals surface area contributed by atoms with E-state index >= 15 is 0 Å². The van der Waals surface area contributed by atoms with Crippen LogP contribution >= 0.6 is 0 Å². The maximum Gasteiger partial charge on any atom is 0.159 e. The van der Waals surface area contributed by atoms with Gasteiger partial charge in [-0.2, -0.15) is 0 Å². The van der Waals surface area contributed by atoms with E-state index < -0.39 is 0 Å². The van der Waals surface area contributed by atoms with E-state index in [1.807, 2.05) is 6.07 Å². The molecule has 1 aliphatic carbocycles. The van der Waals surface area contributed by atoms with Crippen molar-refractivity contribution in [3.63, 3.8) is 0 Å². The van der Waals surface area contributed by atoms with Gasteiger partial charge in [0, 0.05) is 34.3 Å². The number of hydrogen-bond acceptors (Lipinski definition) is 3. The Kier molecular flexibility index (Phi) is 4.19. The highest BCUT2D eigenvalue weighted by molar-refractivity contribution is 6.15. The van der Waals surface area contributed by atoms with Crippen molar-refractivity contribution in [3.8, 4) is 33.8 Å². The Balaban J connectivity index is 1.59. The molecular weight excluding hydrogens is 426 g/mol. The maximum atomic E-state index is 5.27. The Morgan fingerprint density at radius 3 is 2.20 bits per heavy atom. The van der Waals surface area contributed by atoms with Gasteiger partial charge >= 0.3 is 0 Å². The molecule has 0 fully saturated rings. The molecule has 0 spiro atoms. The third-order valence-corrected chi connectivity index (χ3v) is 7.35. The lowest BCUT2D eigenvalue weighted by atomic mass is 9.78. The molecule has 0 saturated heterocycles. The smallest absolute Gasteiger partial charge is 0.159 e. The SMILES string of the molecule is CC1(C)c2ccccc2-c2nc3ccc4ccccc4c3c(-c3ccc(-c4ncccn4)cc3)c21. The summed E-state index contributed by atoms with van der Waals surface area (Å²) in [4.78, 5) is 14.1. The topological polar surface area (TPSA) is 38.7 Å². The van der Waals surface area contributed by atoms with Gasteiger partial charge in [0.1, 0.15) is 0 Å². The molecule has 0 radical (unpaired) electrons. The van der Waals surface area contributed by atoms with E-state index in [4.69, 9.17) is 4.98 Å². The predicted molar refractivity (Wildman–Crippen MR) is 143 cm³/mol. The molecule has 2 aromatic heterocycles. The monoisotopic (exact) mass is 449 g/mol. The molecule has 2 heterocycles. The van der Waals surface area contributed by atoms with Gasteiger partial charge < -0.3 is 0 Å². The van der Waals surface area contributed by atoms with Crippen LogP contribution in [0.15, 0.2) is 103 Å². The third-order valence-electron chi connectivity index (χ3n) is 7.35. The van der Waals surface area contributed by atoms with Crippen LogP contribution < -0.4 is 0 Å². The second-order valence-electron chi connectivity index (χ2n) is 9.71. The van der Waals surface area contributed by atoms with Gasteiger partial charge in [-0.3, -0.25) is 0 Å². The van der Waals surface area contributed by atoms with Crippen molar-refractivity contribution in [2.45, 2.75) is 19.3 Å². The van der Waals surface area contributed by atoms with E-state index in [0.717, 1.165) is 22.6 Å². The number of benzene rings is 4. The Hall–Kier alpha value is -4.37. The summed E-state index contributed by atoms with van der Waals surface area (Å²) in [5.74, 6) is 0.738. The van der Waals surface area contributed by atoms with Gasteiger partial charge in [0.2, 0.25) is 0 Å². The lowest BCUT2D eigenvalue weighted by molar-refractivity contribution is 0.662. The molecule has 0 bridgehead atoms. The molecule has 3 nitrogen and oxygen atoms in total. The number of nitrogens with zero attached hydrogens (tertiary/aromatic N) is 3. The zero-order valence-corrected chi connectivity index (χ0v) is 19.7.